The van der Waals surface area contributed by atoms with Crippen LogP contribution in [0.5, 0.6) is 0 Å². The summed E-state index contributed by atoms with van der Waals surface area (Å²) in [5.74, 6) is 0.0707. The van der Waals surface area contributed by atoms with Gasteiger partial charge in [-0.25, -0.2) is 0 Å². The molecule has 0 unspecified atom stereocenters. The lowest BCUT2D eigenvalue weighted by atomic mass is 10.1. The zero-order chi connectivity index (χ0) is 15.2. The third-order valence-corrected chi connectivity index (χ3v) is 4.89. The van der Waals surface area contributed by atoms with Gasteiger partial charge in [-0.3, -0.25) is 4.79 Å². The van der Waals surface area contributed by atoms with Gasteiger partial charge in [0.1, 0.15) is 0 Å². The van der Waals surface area contributed by atoms with Crippen LogP contribution in [-0.4, -0.2) is 23.9 Å². The summed E-state index contributed by atoms with van der Waals surface area (Å²) in [5.41, 5.74) is 7.43. The SMILES string of the molecule is CCN(Cc1ccc(Br)s1)C(=O)c1ccc(CCN)cc1. The van der Waals surface area contributed by atoms with E-state index < -0.39 is 0 Å². The zero-order valence-electron chi connectivity index (χ0n) is 12.0. The summed E-state index contributed by atoms with van der Waals surface area (Å²) in [6, 6.07) is 11.8. The van der Waals surface area contributed by atoms with Crippen molar-refractivity contribution < 1.29 is 4.79 Å². The molecule has 5 heteroatoms. The first-order chi connectivity index (χ1) is 10.1. The second kappa shape index (κ2) is 7.73. The Bertz CT molecular complexity index is 595. The first-order valence-electron chi connectivity index (χ1n) is 6.96. The molecule has 0 radical (unpaired) electrons. The fraction of sp³-hybridized carbons (Fsp3) is 0.312. The van der Waals surface area contributed by atoms with Crippen molar-refractivity contribution in [2.75, 3.05) is 13.1 Å². The van der Waals surface area contributed by atoms with E-state index >= 15 is 0 Å². The van der Waals surface area contributed by atoms with Crippen molar-refractivity contribution in [2.24, 2.45) is 5.73 Å². The van der Waals surface area contributed by atoms with Crippen LogP contribution in [0, 0.1) is 0 Å². The van der Waals surface area contributed by atoms with Crippen molar-refractivity contribution in [3.05, 3.63) is 56.2 Å². The van der Waals surface area contributed by atoms with E-state index in [4.69, 9.17) is 5.73 Å². The highest BCUT2D eigenvalue weighted by Crippen LogP contribution is 2.23. The molecule has 0 bridgehead atoms. The van der Waals surface area contributed by atoms with Gasteiger partial charge in [0.15, 0.2) is 0 Å². The zero-order valence-corrected chi connectivity index (χ0v) is 14.4. The number of nitrogens with zero attached hydrogens (tertiary/aromatic N) is 1. The lowest BCUT2D eigenvalue weighted by Gasteiger charge is -2.20. The highest BCUT2D eigenvalue weighted by atomic mass is 79.9. The average Bonchev–Trinajstić information content (AvgIpc) is 2.90. The molecule has 0 aliphatic rings. The molecule has 1 aromatic heterocycles. The summed E-state index contributed by atoms with van der Waals surface area (Å²) in [6.45, 7) is 3.97. The molecular weight excluding hydrogens is 348 g/mol. The molecular formula is C16H19BrN2OS. The third kappa shape index (κ3) is 4.40. The monoisotopic (exact) mass is 366 g/mol. The maximum absolute atomic E-state index is 12.6. The number of amides is 1. The van der Waals surface area contributed by atoms with Crippen molar-refractivity contribution in [1.82, 2.24) is 4.90 Å². The van der Waals surface area contributed by atoms with Crippen LogP contribution < -0.4 is 5.73 Å². The second-order valence-corrected chi connectivity index (χ2v) is 7.31. The fourth-order valence-corrected chi connectivity index (χ4v) is 3.61. The van der Waals surface area contributed by atoms with Gasteiger partial charge in [-0.05, 0) is 65.6 Å². The Morgan fingerprint density at radius 3 is 2.48 bits per heavy atom. The predicted octanol–water partition coefficient (Wildman–Crippen LogP) is 3.67. The van der Waals surface area contributed by atoms with E-state index in [0.29, 0.717) is 19.6 Å². The molecule has 2 rings (SSSR count). The van der Waals surface area contributed by atoms with E-state index in [0.717, 1.165) is 15.8 Å². The highest BCUT2D eigenvalue weighted by Gasteiger charge is 2.15. The van der Waals surface area contributed by atoms with E-state index in [9.17, 15) is 4.79 Å². The van der Waals surface area contributed by atoms with Gasteiger partial charge in [-0.15, -0.1) is 11.3 Å². The number of nitrogens with two attached hydrogens (primary N) is 1. The third-order valence-electron chi connectivity index (χ3n) is 3.28. The van der Waals surface area contributed by atoms with Crippen molar-refractivity contribution in [3.8, 4) is 0 Å². The van der Waals surface area contributed by atoms with Crippen molar-refractivity contribution in [1.29, 1.82) is 0 Å². The molecule has 2 N–H and O–H groups in total. The lowest BCUT2D eigenvalue weighted by Crippen LogP contribution is -2.29. The minimum absolute atomic E-state index is 0.0707. The standard InChI is InChI=1S/C16H19BrN2OS/c1-2-19(11-14-7-8-15(17)21-14)16(20)13-5-3-12(4-6-13)9-10-18/h3-8H,2,9-11,18H2,1H3. The van der Waals surface area contributed by atoms with Gasteiger partial charge in [0, 0.05) is 17.0 Å². The van der Waals surface area contributed by atoms with Gasteiger partial charge >= 0.3 is 0 Å². The number of carbonyl (C=O) groups is 1. The van der Waals surface area contributed by atoms with Crippen LogP contribution in [0.1, 0.15) is 27.7 Å². The summed E-state index contributed by atoms with van der Waals surface area (Å²) in [5, 5.41) is 0. The molecule has 21 heavy (non-hydrogen) atoms. The number of carbonyl (C=O) groups excluding carboxylic acids is 1. The topological polar surface area (TPSA) is 46.3 Å². The van der Waals surface area contributed by atoms with E-state index in [1.807, 2.05) is 42.2 Å². The van der Waals surface area contributed by atoms with Crippen LogP contribution in [0.25, 0.3) is 0 Å². The first-order valence-corrected chi connectivity index (χ1v) is 8.57. The number of halogens is 1. The number of hydrogen-bond acceptors (Lipinski definition) is 3. The predicted molar refractivity (Wildman–Crippen MR) is 91.6 cm³/mol. The smallest absolute Gasteiger partial charge is 0.254 e. The summed E-state index contributed by atoms with van der Waals surface area (Å²) in [4.78, 5) is 15.6. The van der Waals surface area contributed by atoms with Crippen LogP contribution in [0.3, 0.4) is 0 Å². The molecule has 112 valence electrons. The van der Waals surface area contributed by atoms with E-state index in [1.165, 1.54) is 10.4 Å². The van der Waals surface area contributed by atoms with Crippen molar-refractivity contribution in [2.45, 2.75) is 19.9 Å². The molecule has 1 amide bonds. The molecule has 1 aromatic carbocycles. The van der Waals surface area contributed by atoms with Crippen LogP contribution in [0.2, 0.25) is 0 Å². The Morgan fingerprint density at radius 2 is 1.95 bits per heavy atom. The average molecular weight is 367 g/mol. The minimum atomic E-state index is 0.0707. The molecule has 0 fully saturated rings. The van der Waals surface area contributed by atoms with Gasteiger partial charge in [0.2, 0.25) is 0 Å². The van der Waals surface area contributed by atoms with Crippen LogP contribution in [0.4, 0.5) is 0 Å². The van der Waals surface area contributed by atoms with Gasteiger partial charge in [-0.2, -0.15) is 0 Å². The van der Waals surface area contributed by atoms with Gasteiger partial charge in [-0.1, -0.05) is 12.1 Å². The van der Waals surface area contributed by atoms with Crippen molar-refractivity contribution >= 4 is 33.2 Å². The Hall–Kier alpha value is -1.17. The van der Waals surface area contributed by atoms with Crippen LogP contribution in [0.15, 0.2) is 40.2 Å². The van der Waals surface area contributed by atoms with Gasteiger partial charge in [0.25, 0.3) is 5.91 Å². The molecule has 0 saturated carbocycles. The first kappa shape index (κ1) is 16.2. The normalized spacial score (nSPS) is 10.6. The summed E-state index contributed by atoms with van der Waals surface area (Å²) < 4.78 is 1.09. The summed E-state index contributed by atoms with van der Waals surface area (Å²) >= 11 is 5.12. The van der Waals surface area contributed by atoms with E-state index in [2.05, 4.69) is 22.0 Å². The Morgan fingerprint density at radius 1 is 1.24 bits per heavy atom. The number of thiophene rings is 1. The molecule has 0 saturated heterocycles. The molecule has 0 aliphatic heterocycles. The molecule has 0 atom stereocenters. The molecule has 1 heterocycles. The van der Waals surface area contributed by atoms with E-state index in [1.54, 1.807) is 11.3 Å². The second-order valence-electron chi connectivity index (χ2n) is 4.76. The Kier molecular flexibility index (Phi) is 5.96. The van der Waals surface area contributed by atoms with Crippen LogP contribution in [-0.2, 0) is 13.0 Å². The minimum Gasteiger partial charge on any atom is -0.334 e. The Balaban J connectivity index is 2.08. The summed E-state index contributed by atoms with van der Waals surface area (Å²) in [7, 11) is 0. The maximum atomic E-state index is 12.6. The van der Waals surface area contributed by atoms with Gasteiger partial charge in [0.05, 0.1) is 10.3 Å². The largest absolute Gasteiger partial charge is 0.334 e. The van der Waals surface area contributed by atoms with E-state index in [-0.39, 0.29) is 5.91 Å². The van der Waals surface area contributed by atoms with Crippen molar-refractivity contribution in [3.63, 3.8) is 0 Å². The molecule has 0 aliphatic carbocycles. The Labute approximate surface area is 137 Å². The summed E-state index contributed by atoms with van der Waals surface area (Å²) in [6.07, 6.45) is 0.842. The number of hydrogen-bond donors (Lipinski definition) is 1. The highest BCUT2D eigenvalue weighted by molar-refractivity contribution is 9.11. The molecule has 2 aromatic rings. The number of rotatable bonds is 6. The van der Waals surface area contributed by atoms with Gasteiger partial charge < -0.3 is 10.6 Å². The molecule has 0 spiro atoms. The number of benzene rings is 1. The quantitative estimate of drug-likeness (QED) is 0.847. The fourth-order valence-electron chi connectivity index (χ4n) is 2.12. The van der Waals surface area contributed by atoms with Crippen LogP contribution >= 0.6 is 27.3 Å². The lowest BCUT2D eigenvalue weighted by molar-refractivity contribution is 0.0754. The molecule has 3 nitrogen and oxygen atoms in total. The maximum Gasteiger partial charge on any atom is 0.254 e.